The van der Waals surface area contributed by atoms with Crippen LogP contribution in [0.4, 0.5) is 0 Å². The summed E-state index contributed by atoms with van der Waals surface area (Å²) < 4.78 is 34.8. The lowest BCUT2D eigenvalue weighted by atomic mass is 9.90. The van der Waals surface area contributed by atoms with Crippen molar-refractivity contribution in [1.82, 2.24) is 9.71 Å². The minimum absolute atomic E-state index is 0.0351. The molecule has 1 unspecified atom stereocenters. The van der Waals surface area contributed by atoms with Crippen molar-refractivity contribution in [1.29, 1.82) is 0 Å². The maximum absolute atomic E-state index is 13.4. The number of aromatic amines is 1. The summed E-state index contributed by atoms with van der Waals surface area (Å²) in [4.78, 5) is 16.3. The number of benzene rings is 2. The summed E-state index contributed by atoms with van der Waals surface area (Å²) in [6, 6.07) is 13.0. The third-order valence-corrected chi connectivity index (χ3v) is 7.99. The minimum atomic E-state index is -3.71. The zero-order valence-electron chi connectivity index (χ0n) is 18.6. The topological polar surface area (TPSA) is 88.3 Å². The van der Waals surface area contributed by atoms with Gasteiger partial charge in [0.15, 0.2) is 0 Å². The van der Waals surface area contributed by atoms with Crippen molar-refractivity contribution in [2.75, 3.05) is 7.11 Å². The van der Waals surface area contributed by atoms with Gasteiger partial charge in [0, 0.05) is 23.1 Å². The Labute approximate surface area is 189 Å². The van der Waals surface area contributed by atoms with Crippen LogP contribution in [0, 0.1) is 0 Å². The number of sulfonamides is 1. The van der Waals surface area contributed by atoms with E-state index >= 15 is 0 Å². The number of hydrogen-bond acceptors (Lipinski definition) is 4. The highest BCUT2D eigenvalue weighted by atomic mass is 32.2. The summed E-state index contributed by atoms with van der Waals surface area (Å²) >= 11 is 0. The summed E-state index contributed by atoms with van der Waals surface area (Å²) in [6.07, 6.45) is 7.34. The largest absolute Gasteiger partial charge is 0.468 e. The summed E-state index contributed by atoms with van der Waals surface area (Å²) in [5.41, 5.74) is 3.01. The number of aromatic nitrogens is 1. The molecule has 0 amide bonds. The quantitative estimate of drug-likeness (QED) is 0.509. The molecule has 1 fully saturated rings. The predicted octanol–water partition coefficient (Wildman–Crippen LogP) is 4.65. The molecule has 2 N–H and O–H groups in total. The van der Waals surface area contributed by atoms with Crippen molar-refractivity contribution < 1.29 is 17.9 Å². The lowest BCUT2D eigenvalue weighted by Gasteiger charge is -2.24. The number of carbonyl (C=O) groups is 1. The second-order valence-electron chi connectivity index (χ2n) is 8.42. The molecule has 1 heterocycles. The van der Waals surface area contributed by atoms with Crippen LogP contribution in [0.3, 0.4) is 0 Å². The number of hydrogen-bond donors (Lipinski definition) is 2. The third kappa shape index (κ3) is 4.45. The molecule has 7 heteroatoms. The Morgan fingerprint density at radius 2 is 1.91 bits per heavy atom. The third-order valence-electron chi connectivity index (χ3n) is 6.39. The predicted molar refractivity (Wildman–Crippen MR) is 125 cm³/mol. The van der Waals surface area contributed by atoms with E-state index in [2.05, 4.69) is 9.71 Å². The van der Waals surface area contributed by atoms with Crippen LogP contribution in [0.5, 0.6) is 0 Å². The average molecular weight is 455 g/mol. The van der Waals surface area contributed by atoms with Crippen LogP contribution in [0.25, 0.3) is 10.9 Å². The molecule has 1 saturated carbocycles. The first-order chi connectivity index (χ1) is 15.4. The van der Waals surface area contributed by atoms with Crippen molar-refractivity contribution in [3.63, 3.8) is 0 Å². The summed E-state index contributed by atoms with van der Waals surface area (Å²) in [7, 11) is -2.36. The van der Waals surface area contributed by atoms with E-state index in [4.69, 9.17) is 4.74 Å². The van der Waals surface area contributed by atoms with Crippen LogP contribution in [0.15, 0.2) is 53.6 Å². The Hall–Kier alpha value is -2.64. The number of H-pyrrole nitrogens is 1. The molecule has 1 aliphatic carbocycles. The molecule has 4 rings (SSSR count). The lowest BCUT2D eigenvalue weighted by Crippen LogP contribution is -2.36. The molecule has 32 heavy (non-hydrogen) atoms. The zero-order valence-corrected chi connectivity index (χ0v) is 19.4. The Bertz CT molecular complexity index is 1210. The Morgan fingerprint density at radius 3 is 2.62 bits per heavy atom. The first-order valence-corrected chi connectivity index (χ1v) is 12.7. The average Bonchev–Trinajstić information content (AvgIpc) is 3.23. The lowest BCUT2D eigenvalue weighted by molar-refractivity contribution is -0.141. The van der Waals surface area contributed by atoms with Gasteiger partial charge in [-0.15, -0.1) is 0 Å². The van der Waals surface area contributed by atoms with E-state index in [1.54, 1.807) is 12.3 Å². The number of methoxy groups -OCH3 is 1. The van der Waals surface area contributed by atoms with E-state index in [0.717, 1.165) is 54.1 Å². The first-order valence-electron chi connectivity index (χ1n) is 11.2. The number of aryl methyl sites for hydroxylation is 1. The second-order valence-corrected chi connectivity index (χ2v) is 10.1. The number of ether oxygens (including phenoxy) is 1. The summed E-state index contributed by atoms with van der Waals surface area (Å²) in [6.45, 7) is 1.94. The molecule has 1 atom stereocenters. The van der Waals surface area contributed by atoms with Gasteiger partial charge in [-0.3, -0.25) is 4.79 Å². The van der Waals surface area contributed by atoms with E-state index < -0.39 is 21.9 Å². The fourth-order valence-corrected chi connectivity index (χ4v) is 6.34. The molecule has 0 radical (unpaired) electrons. The van der Waals surface area contributed by atoms with Crippen LogP contribution >= 0.6 is 0 Å². The van der Waals surface area contributed by atoms with Crippen molar-refractivity contribution in [2.45, 2.75) is 62.3 Å². The van der Waals surface area contributed by atoms with Gasteiger partial charge < -0.3 is 9.72 Å². The van der Waals surface area contributed by atoms with Crippen LogP contribution in [-0.4, -0.2) is 32.5 Å². The van der Waals surface area contributed by atoms with Gasteiger partial charge in [-0.05, 0) is 48.1 Å². The van der Waals surface area contributed by atoms with Gasteiger partial charge >= 0.3 is 5.97 Å². The normalized spacial score (nSPS) is 16.2. The molecule has 2 aromatic carbocycles. The number of nitrogens with one attached hydrogen (secondary N) is 2. The zero-order chi connectivity index (χ0) is 22.7. The van der Waals surface area contributed by atoms with Crippen LogP contribution in [0.1, 0.15) is 61.6 Å². The molecule has 3 aromatic rings. The van der Waals surface area contributed by atoms with E-state index in [-0.39, 0.29) is 10.9 Å². The molecule has 1 aliphatic rings. The molecular formula is C25H30N2O4S. The fourth-order valence-electron chi connectivity index (χ4n) is 4.69. The molecule has 170 valence electrons. The van der Waals surface area contributed by atoms with Crippen LogP contribution in [-0.2, 0) is 26.0 Å². The van der Waals surface area contributed by atoms with Gasteiger partial charge in [0.25, 0.3) is 0 Å². The van der Waals surface area contributed by atoms with Crippen molar-refractivity contribution in [3.8, 4) is 0 Å². The van der Waals surface area contributed by atoms with Gasteiger partial charge in [-0.25, -0.2) is 13.1 Å². The number of fused-ring (bicyclic) bond motifs is 1. The van der Waals surface area contributed by atoms with Crippen molar-refractivity contribution in [2.24, 2.45) is 0 Å². The highest BCUT2D eigenvalue weighted by Gasteiger charge is 2.30. The SMILES string of the molecule is CCc1ccc(C(C(=O)OC)c2c[nH]c3ccccc23)cc1S(=O)(=O)NC1CCCCC1. The Balaban J connectivity index is 1.78. The van der Waals surface area contributed by atoms with Crippen LogP contribution < -0.4 is 4.72 Å². The van der Waals surface area contributed by atoms with Gasteiger partial charge in [0.2, 0.25) is 10.0 Å². The Kier molecular flexibility index (Phi) is 6.67. The number of para-hydroxylation sites is 1. The highest BCUT2D eigenvalue weighted by molar-refractivity contribution is 7.89. The number of carbonyl (C=O) groups excluding carboxylic acids is 1. The number of rotatable bonds is 7. The second kappa shape index (κ2) is 9.46. The molecule has 1 aromatic heterocycles. The molecule has 0 aliphatic heterocycles. The van der Waals surface area contributed by atoms with Crippen molar-refractivity contribution >= 4 is 26.9 Å². The molecular weight excluding hydrogens is 424 g/mol. The highest BCUT2D eigenvalue weighted by Crippen LogP contribution is 2.34. The monoisotopic (exact) mass is 454 g/mol. The van der Waals surface area contributed by atoms with Crippen LogP contribution in [0.2, 0.25) is 0 Å². The number of esters is 1. The summed E-state index contributed by atoms with van der Waals surface area (Å²) in [5.74, 6) is -1.16. The standard InChI is InChI=1S/C25H30N2O4S/c1-3-17-13-14-18(15-23(17)32(29,30)27-19-9-5-4-6-10-19)24(25(28)31-2)21-16-26-22-12-8-7-11-20(21)22/h7-8,11-16,19,24,26-27H,3-6,9-10H2,1-2H3. The first kappa shape index (κ1) is 22.6. The smallest absolute Gasteiger partial charge is 0.317 e. The maximum atomic E-state index is 13.4. The molecule has 0 bridgehead atoms. The minimum Gasteiger partial charge on any atom is -0.468 e. The maximum Gasteiger partial charge on any atom is 0.317 e. The van der Waals surface area contributed by atoms with Gasteiger partial charge in [0.05, 0.1) is 12.0 Å². The van der Waals surface area contributed by atoms with Crippen molar-refractivity contribution in [3.05, 3.63) is 65.4 Å². The van der Waals surface area contributed by atoms with E-state index in [1.165, 1.54) is 7.11 Å². The van der Waals surface area contributed by atoms with E-state index in [9.17, 15) is 13.2 Å². The van der Waals surface area contributed by atoms with E-state index in [1.807, 2.05) is 43.3 Å². The van der Waals surface area contributed by atoms with Gasteiger partial charge in [-0.1, -0.05) is 56.5 Å². The summed E-state index contributed by atoms with van der Waals surface area (Å²) in [5, 5.41) is 0.909. The van der Waals surface area contributed by atoms with Gasteiger partial charge in [-0.2, -0.15) is 0 Å². The Morgan fingerprint density at radius 1 is 1.16 bits per heavy atom. The molecule has 0 spiro atoms. The van der Waals surface area contributed by atoms with Gasteiger partial charge in [0.1, 0.15) is 5.92 Å². The molecule has 0 saturated heterocycles. The molecule has 6 nitrogen and oxygen atoms in total. The fraction of sp³-hybridized carbons (Fsp3) is 0.400. The van der Waals surface area contributed by atoms with E-state index in [0.29, 0.717) is 12.0 Å².